The summed E-state index contributed by atoms with van der Waals surface area (Å²) in [4.78, 5) is 23.8. The van der Waals surface area contributed by atoms with Gasteiger partial charge in [-0.1, -0.05) is 0 Å². The molecule has 13 heavy (non-hydrogen) atoms. The Kier molecular flexibility index (Phi) is 2.53. The monoisotopic (exact) mass is 187 g/mol. The number of amides is 3. The first-order chi connectivity index (χ1) is 6.03. The number of imide groups is 1. The van der Waals surface area contributed by atoms with Gasteiger partial charge >= 0.3 is 6.03 Å². The highest BCUT2D eigenvalue weighted by Crippen LogP contribution is 2.14. The largest absolute Gasteiger partial charge is 0.335 e. The van der Waals surface area contributed by atoms with E-state index in [0.717, 1.165) is 0 Å². The molecular formula is C7H13N3O3. The average molecular weight is 187 g/mol. The second-order valence-electron chi connectivity index (χ2n) is 2.88. The molecular weight excluding hydrogens is 174 g/mol. The summed E-state index contributed by atoms with van der Waals surface area (Å²) in [5, 5.41) is 4.54. The van der Waals surface area contributed by atoms with E-state index in [1.165, 1.54) is 4.90 Å². The number of carbonyl (C=O) groups is 2. The average Bonchev–Trinajstić information content (AvgIpc) is 2.28. The third-order valence-corrected chi connectivity index (χ3v) is 1.80. The van der Waals surface area contributed by atoms with Crippen molar-refractivity contribution in [2.45, 2.75) is 12.8 Å². The molecule has 2 N–H and O–H groups in total. The second-order valence-corrected chi connectivity index (χ2v) is 2.88. The molecule has 1 fully saturated rings. The SMILES string of the molecule is CCOC1(N(C)C)NC(=O)NC1=O. The van der Waals surface area contributed by atoms with Gasteiger partial charge in [-0.3, -0.25) is 20.3 Å². The second kappa shape index (κ2) is 3.31. The van der Waals surface area contributed by atoms with Crippen LogP contribution in [0, 0.1) is 0 Å². The molecule has 6 heteroatoms. The Balaban J connectivity index is 2.90. The van der Waals surface area contributed by atoms with Crippen LogP contribution in [0.5, 0.6) is 0 Å². The van der Waals surface area contributed by atoms with Gasteiger partial charge in [-0.25, -0.2) is 4.79 Å². The highest BCUT2D eigenvalue weighted by Gasteiger charge is 2.49. The van der Waals surface area contributed by atoms with Crippen LogP contribution in [-0.4, -0.2) is 43.4 Å². The van der Waals surface area contributed by atoms with Crippen LogP contribution in [0.15, 0.2) is 0 Å². The van der Waals surface area contributed by atoms with E-state index in [1.54, 1.807) is 21.0 Å². The van der Waals surface area contributed by atoms with Crippen LogP contribution in [0.4, 0.5) is 4.79 Å². The third-order valence-electron chi connectivity index (χ3n) is 1.80. The summed E-state index contributed by atoms with van der Waals surface area (Å²) in [6.07, 6.45) is 0. The van der Waals surface area contributed by atoms with Gasteiger partial charge in [-0.15, -0.1) is 0 Å². The molecule has 1 saturated heterocycles. The maximum Gasteiger partial charge on any atom is 0.325 e. The van der Waals surface area contributed by atoms with Crippen molar-refractivity contribution in [1.29, 1.82) is 0 Å². The van der Waals surface area contributed by atoms with E-state index in [2.05, 4.69) is 10.6 Å². The number of ether oxygens (including phenoxy) is 1. The lowest BCUT2D eigenvalue weighted by atomic mass is 10.3. The van der Waals surface area contributed by atoms with Crippen LogP contribution in [0.2, 0.25) is 0 Å². The van der Waals surface area contributed by atoms with Crippen LogP contribution in [-0.2, 0) is 9.53 Å². The fourth-order valence-corrected chi connectivity index (χ4v) is 1.18. The Morgan fingerprint density at radius 3 is 2.38 bits per heavy atom. The molecule has 0 bridgehead atoms. The topological polar surface area (TPSA) is 70.7 Å². The highest BCUT2D eigenvalue weighted by molar-refractivity contribution is 6.05. The fraction of sp³-hybridized carbons (Fsp3) is 0.714. The summed E-state index contributed by atoms with van der Waals surface area (Å²) in [7, 11) is 3.31. The van der Waals surface area contributed by atoms with E-state index in [0.29, 0.717) is 6.61 Å². The van der Waals surface area contributed by atoms with Gasteiger partial charge in [0.05, 0.1) is 0 Å². The molecule has 3 amide bonds. The number of carbonyl (C=O) groups excluding carboxylic acids is 2. The number of urea groups is 1. The molecule has 6 nitrogen and oxygen atoms in total. The molecule has 0 aromatic heterocycles. The minimum absolute atomic E-state index is 0.339. The predicted molar refractivity (Wildman–Crippen MR) is 44.7 cm³/mol. The van der Waals surface area contributed by atoms with Crippen LogP contribution >= 0.6 is 0 Å². The molecule has 1 aliphatic rings. The fourth-order valence-electron chi connectivity index (χ4n) is 1.18. The number of rotatable bonds is 3. The molecule has 0 aromatic carbocycles. The molecule has 0 spiro atoms. The minimum Gasteiger partial charge on any atom is -0.335 e. The van der Waals surface area contributed by atoms with Gasteiger partial charge in [0.15, 0.2) is 0 Å². The number of likely N-dealkylation sites (N-methyl/N-ethyl adjacent to an activating group) is 1. The van der Waals surface area contributed by atoms with Gasteiger partial charge in [-0.2, -0.15) is 0 Å². The van der Waals surface area contributed by atoms with Gasteiger partial charge in [0.25, 0.3) is 11.8 Å². The Bertz CT molecular complexity index is 241. The molecule has 0 saturated carbocycles. The van der Waals surface area contributed by atoms with E-state index >= 15 is 0 Å². The zero-order valence-corrected chi connectivity index (χ0v) is 7.88. The van der Waals surface area contributed by atoms with Crippen molar-refractivity contribution in [1.82, 2.24) is 15.5 Å². The first kappa shape index (κ1) is 9.94. The Morgan fingerprint density at radius 1 is 1.46 bits per heavy atom. The van der Waals surface area contributed by atoms with Gasteiger partial charge in [0.2, 0.25) is 0 Å². The van der Waals surface area contributed by atoms with Crippen molar-refractivity contribution in [3.8, 4) is 0 Å². The summed E-state index contributed by atoms with van der Waals surface area (Å²) in [6.45, 7) is 2.09. The number of nitrogens with one attached hydrogen (secondary N) is 2. The molecule has 1 heterocycles. The Morgan fingerprint density at radius 2 is 2.08 bits per heavy atom. The van der Waals surface area contributed by atoms with E-state index in [-0.39, 0.29) is 0 Å². The lowest BCUT2D eigenvalue weighted by molar-refractivity contribution is -0.170. The van der Waals surface area contributed by atoms with Crippen molar-refractivity contribution in [3.63, 3.8) is 0 Å². The maximum absolute atomic E-state index is 11.4. The number of hydrogen-bond donors (Lipinski definition) is 2. The van der Waals surface area contributed by atoms with Crippen LogP contribution in [0.1, 0.15) is 6.92 Å². The van der Waals surface area contributed by atoms with E-state index < -0.39 is 17.8 Å². The molecule has 1 rings (SSSR count). The van der Waals surface area contributed by atoms with Crippen molar-refractivity contribution in [3.05, 3.63) is 0 Å². The summed E-state index contributed by atoms with van der Waals surface area (Å²) in [5.74, 6) is -1.82. The molecule has 1 aliphatic heterocycles. The molecule has 0 aliphatic carbocycles. The summed E-state index contributed by atoms with van der Waals surface area (Å²) < 4.78 is 5.22. The van der Waals surface area contributed by atoms with E-state index in [9.17, 15) is 9.59 Å². The number of nitrogens with zero attached hydrogens (tertiary/aromatic N) is 1. The Labute approximate surface area is 76.2 Å². The van der Waals surface area contributed by atoms with Gasteiger partial charge in [0, 0.05) is 6.61 Å². The van der Waals surface area contributed by atoms with E-state index in [1.807, 2.05) is 0 Å². The summed E-state index contributed by atoms with van der Waals surface area (Å²) in [5.41, 5.74) is 0. The number of hydrogen-bond acceptors (Lipinski definition) is 4. The molecule has 1 atom stereocenters. The van der Waals surface area contributed by atoms with Gasteiger partial charge in [0.1, 0.15) is 0 Å². The first-order valence-corrected chi connectivity index (χ1v) is 3.98. The highest BCUT2D eigenvalue weighted by atomic mass is 16.5. The molecule has 0 aromatic rings. The third kappa shape index (κ3) is 1.50. The maximum atomic E-state index is 11.4. The predicted octanol–water partition coefficient (Wildman–Crippen LogP) is -0.922. The first-order valence-electron chi connectivity index (χ1n) is 3.98. The van der Waals surface area contributed by atoms with Crippen LogP contribution in [0.25, 0.3) is 0 Å². The van der Waals surface area contributed by atoms with Crippen molar-refractivity contribution in [2.24, 2.45) is 0 Å². The van der Waals surface area contributed by atoms with Crippen molar-refractivity contribution >= 4 is 11.9 Å². The lowest BCUT2D eigenvalue weighted by Gasteiger charge is -2.31. The molecule has 74 valence electrons. The molecule has 0 radical (unpaired) electrons. The summed E-state index contributed by atoms with van der Waals surface area (Å²) >= 11 is 0. The lowest BCUT2D eigenvalue weighted by Crippen LogP contribution is -2.59. The zero-order valence-electron chi connectivity index (χ0n) is 7.88. The molecule has 1 unspecified atom stereocenters. The van der Waals surface area contributed by atoms with E-state index in [4.69, 9.17) is 4.74 Å². The van der Waals surface area contributed by atoms with Crippen molar-refractivity contribution in [2.75, 3.05) is 20.7 Å². The standard InChI is InChI=1S/C7H13N3O3/c1-4-13-7(10(2)3)5(11)8-6(12)9-7/h4H2,1-3H3,(H2,8,9,11,12). The Hall–Kier alpha value is -1.14. The zero-order chi connectivity index (χ0) is 10.1. The van der Waals surface area contributed by atoms with Crippen LogP contribution < -0.4 is 10.6 Å². The summed E-state index contributed by atoms with van der Waals surface area (Å²) in [6, 6.07) is -0.535. The normalized spacial score (nSPS) is 27.7. The van der Waals surface area contributed by atoms with Gasteiger partial charge < -0.3 is 4.74 Å². The smallest absolute Gasteiger partial charge is 0.325 e. The minimum atomic E-state index is -1.34. The van der Waals surface area contributed by atoms with Crippen molar-refractivity contribution < 1.29 is 14.3 Å². The van der Waals surface area contributed by atoms with Gasteiger partial charge in [-0.05, 0) is 21.0 Å². The van der Waals surface area contributed by atoms with Crippen LogP contribution in [0.3, 0.4) is 0 Å². The quantitative estimate of drug-likeness (QED) is 0.442.